The van der Waals surface area contributed by atoms with Gasteiger partial charge in [0.15, 0.2) is 6.10 Å². The Labute approximate surface area is 159 Å². The summed E-state index contributed by atoms with van der Waals surface area (Å²) in [6.45, 7) is 3.44. The number of furan rings is 1. The molecule has 0 bridgehead atoms. The molecule has 0 saturated heterocycles. The lowest BCUT2D eigenvalue weighted by atomic mass is 10.1. The number of hydrogen-bond donors (Lipinski definition) is 0. The summed E-state index contributed by atoms with van der Waals surface area (Å²) in [5.41, 5.74) is 2.03. The van der Waals surface area contributed by atoms with Crippen molar-refractivity contribution in [2.45, 2.75) is 20.0 Å². The molecule has 0 aliphatic carbocycles. The molecule has 0 spiro atoms. The molecule has 2 aromatic carbocycles. The van der Waals surface area contributed by atoms with Gasteiger partial charge in [0.25, 0.3) is 5.89 Å². The normalized spacial score (nSPS) is 12.3. The predicted molar refractivity (Wildman–Crippen MR) is 99.5 cm³/mol. The van der Waals surface area contributed by atoms with Crippen molar-refractivity contribution in [1.82, 2.24) is 10.2 Å². The molecule has 0 amide bonds. The Morgan fingerprint density at radius 2 is 1.89 bits per heavy atom. The molecular weight excluding hydrogens is 368 g/mol. The number of carbonyl (C=O) groups is 1. The third-order valence-corrected chi connectivity index (χ3v) is 4.41. The zero-order chi connectivity index (χ0) is 19.0. The fourth-order valence-corrected chi connectivity index (χ4v) is 2.92. The zero-order valence-electron chi connectivity index (χ0n) is 14.6. The second kappa shape index (κ2) is 6.89. The number of aromatic nitrogens is 2. The summed E-state index contributed by atoms with van der Waals surface area (Å²) in [7, 11) is 0. The minimum absolute atomic E-state index is 0.127. The first-order valence-corrected chi connectivity index (χ1v) is 8.69. The number of nitrogens with zero attached hydrogens (tertiary/aromatic N) is 2. The van der Waals surface area contributed by atoms with E-state index in [0.717, 1.165) is 10.9 Å². The summed E-state index contributed by atoms with van der Waals surface area (Å²) in [4.78, 5) is 12.5. The van der Waals surface area contributed by atoms with Crippen LogP contribution in [0, 0.1) is 6.92 Å². The molecule has 0 N–H and O–H groups in total. The second-order valence-electron chi connectivity index (χ2n) is 6.06. The van der Waals surface area contributed by atoms with Gasteiger partial charge in [-0.25, -0.2) is 4.79 Å². The highest BCUT2D eigenvalue weighted by Gasteiger charge is 2.24. The predicted octanol–water partition coefficient (Wildman–Crippen LogP) is 5.36. The minimum atomic E-state index is -0.723. The Hall–Kier alpha value is -3.12. The topological polar surface area (TPSA) is 78.4 Å². The molecule has 0 aliphatic rings. The lowest BCUT2D eigenvalue weighted by Crippen LogP contribution is -2.09. The molecule has 0 radical (unpaired) electrons. The van der Waals surface area contributed by atoms with Crippen LogP contribution < -0.4 is 0 Å². The van der Waals surface area contributed by atoms with Crippen LogP contribution in [0.4, 0.5) is 0 Å². The fourth-order valence-electron chi connectivity index (χ4n) is 2.75. The van der Waals surface area contributed by atoms with E-state index in [9.17, 15) is 4.79 Å². The van der Waals surface area contributed by atoms with E-state index < -0.39 is 12.1 Å². The summed E-state index contributed by atoms with van der Waals surface area (Å²) in [5.74, 6) is 0.0933. The van der Waals surface area contributed by atoms with Gasteiger partial charge >= 0.3 is 5.97 Å². The van der Waals surface area contributed by atoms with Crippen LogP contribution in [0.2, 0.25) is 5.02 Å². The molecule has 6 nitrogen and oxygen atoms in total. The number of esters is 1. The van der Waals surface area contributed by atoms with E-state index in [1.807, 2.05) is 30.3 Å². The number of hydrogen-bond acceptors (Lipinski definition) is 6. The highest BCUT2D eigenvalue weighted by molar-refractivity contribution is 6.31. The highest BCUT2D eigenvalue weighted by atomic mass is 35.5. The van der Waals surface area contributed by atoms with Gasteiger partial charge in [-0.1, -0.05) is 29.8 Å². The molecule has 27 heavy (non-hydrogen) atoms. The Kier molecular flexibility index (Phi) is 4.41. The number of benzene rings is 2. The van der Waals surface area contributed by atoms with E-state index in [2.05, 4.69) is 10.2 Å². The van der Waals surface area contributed by atoms with Crippen molar-refractivity contribution in [2.24, 2.45) is 0 Å². The SMILES string of the molecule is Cc1c(C(=O)OC(C)c2nnc(-c3ccccc3)o2)oc2ccc(Cl)cc12. The van der Waals surface area contributed by atoms with Crippen molar-refractivity contribution >= 4 is 28.5 Å². The largest absolute Gasteiger partial charge is 0.449 e. The average Bonchev–Trinajstić information content (AvgIpc) is 3.28. The summed E-state index contributed by atoms with van der Waals surface area (Å²) in [5, 5.41) is 9.32. The quantitative estimate of drug-likeness (QED) is 0.442. The van der Waals surface area contributed by atoms with Crippen LogP contribution in [0.15, 0.2) is 57.4 Å². The van der Waals surface area contributed by atoms with Gasteiger partial charge in [-0.3, -0.25) is 0 Å². The van der Waals surface area contributed by atoms with Crippen molar-refractivity contribution in [3.8, 4) is 11.5 Å². The van der Waals surface area contributed by atoms with Gasteiger partial charge in [0.1, 0.15) is 5.58 Å². The first-order valence-electron chi connectivity index (χ1n) is 8.31. The van der Waals surface area contributed by atoms with E-state index >= 15 is 0 Å². The van der Waals surface area contributed by atoms with Gasteiger partial charge in [-0.2, -0.15) is 0 Å². The monoisotopic (exact) mass is 382 g/mol. The molecule has 4 rings (SSSR count). The maximum Gasteiger partial charge on any atom is 0.375 e. The summed E-state index contributed by atoms with van der Waals surface area (Å²) < 4.78 is 16.7. The summed E-state index contributed by atoms with van der Waals surface area (Å²) >= 11 is 6.01. The number of carbonyl (C=O) groups excluding carboxylic acids is 1. The number of rotatable bonds is 4. The summed E-state index contributed by atoms with van der Waals surface area (Å²) in [6, 6.07) is 14.5. The van der Waals surface area contributed by atoms with Crippen molar-refractivity contribution in [1.29, 1.82) is 0 Å². The van der Waals surface area contributed by atoms with Crippen LogP contribution in [0.25, 0.3) is 22.4 Å². The Morgan fingerprint density at radius 1 is 1.11 bits per heavy atom. The second-order valence-corrected chi connectivity index (χ2v) is 6.49. The van der Waals surface area contributed by atoms with E-state index in [-0.39, 0.29) is 11.7 Å². The maximum atomic E-state index is 12.5. The molecule has 2 heterocycles. The van der Waals surface area contributed by atoms with Crippen LogP contribution >= 0.6 is 11.6 Å². The molecular formula is C20H15ClN2O4. The first-order chi connectivity index (χ1) is 13.0. The average molecular weight is 383 g/mol. The number of ether oxygens (including phenoxy) is 1. The zero-order valence-corrected chi connectivity index (χ0v) is 15.4. The van der Waals surface area contributed by atoms with E-state index in [4.69, 9.17) is 25.2 Å². The van der Waals surface area contributed by atoms with Gasteiger partial charge in [-0.05, 0) is 44.2 Å². The molecule has 0 fully saturated rings. The minimum Gasteiger partial charge on any atom is -0.449 e. The number of halogens is 1. The summed E-state index contributed by atoms with van der Waals surface area (Å²) in [6.07, 6.45) is -0.723. The Morgan fingerprint density at radius 3 is 2.67 bits per heavy atom. The van der Waals surface area contributed by atoms with Gasteiger partial charge in [0.2, 0.25) is 11.7 Å². The Balaban J connectivity index is 1.55. The maximum absolute atomic E-state index is 12.5. The van der Waals surface area contributed by atoms with Gasteiger partial charge < -0.3 is 13.6 Å². The fraction of sp³-hybridized carbons (Fsp3) is 0.150. The van der Waals surface area contributed by atoms with Crippen molar-refractivity contribution in [3.63, 3.8) is 0 Å². The lowest BCUT2D eigenvalue weighted by molar-refractivity contribution is 0.0245. The van der Waals surface area contributed by atoms with Crippen molar-refractivity contribution in [3.05, 3.63) is 70.8 Å². The molecule has 2 aromatic heterocycles. The van der Waals surface area contributed by atoms with E-state index in [1.54, 1.807) is 32.0 Å². The molecule has 136 valence electrons. The van der Waals surface area contributed by atoms with Gasteiger partial charge in [0, 0.05) is 21.5 Å². The first kappa shape index (κ1) is 17.3. The van der Waals surface area contributed by atoms with Crippen LogP contribution in [-0.4, -0.2) is 16.2 Å². The highest BCUT2D eigenvalue weighted by Crippen LogP contribution is 2.30. The van der Waals surface area contributed by atoms with Gasteiger partial charge in [0.05, 0.1) is 0 Å². The number of aryl methyl sites for hydroxylation is 1. The van der Waals surface area contributed by atoms with E-state index in [0.29, 0.717) is 22.1 Å². The van der Waals surface area contributed by atoms with Crippen LogP contribution in [0.5, 0.6) is 0 Å². The molecule has 7 heteroatoms. The van der Waals surface area contributed by atoms with Crippen molar-refractivity contribution < 1.29 is 18.4 Å². The molecule has 0 aliphatic heterocycles. The van der Waals surface area contributed by atoms with Crippen LogP contribution in [0.1, 0.15) is 35.0 Å². The third-order valence-electron chi connectivity index (χ3n) is 4.18. The van der Waals surface area contributed by atoms with Crippen LogP contribution in [-0.2, 0) is 4.74 Å². The molecule has 0 saturated carbocycles. The van der Waals surface area contributed by atoms with Crippen LogP contribution in [0.3, 0.4) is 0 Å². The molecule has 4 aromatic rings. The lowest BCUT2D eigenvalue weighted by Gasteiger charge is -2.08. The van der Waals surface area contributed by atoms with E-state index in [1.165, 1.54) is 0 Å². The number of fused-ring (bicyclic) bond motifs is 1. The Bertz CT molecular complexity index is 1120. The smallest absolute Gasteiger partial charge is 0.375 e. The van der Waals surface area contributed by atoms with Crippen molar-refractivity contribution in [2.75, 3.05) is 0 Å². The standard InChI is InChI=1S/C20H15ClN2O4/c1-11-15-10-14(21)8-9-16(15)26-17(11)20(24)25-12(2)18-22-23-19(27-18)13-6-4-3-5-7-13/h3-10,12H,1-2H3. The third kappa shape index (κ3) is 3.31. The molecule has 1 unspecified atom stereocenters. The van der Waals surface area contributed by atoms with Gasteiger partial charge in [-0.15, -0.1) is 10.2 Å². The molecule has 1 atom stereocenters.